The van der Waals surface area contributed by atoms with E-state index in [2.05, 4.69) is 21.3 Å². The Bertz CT molecular complexity index is 1290. The van der Waals surface area contributed by atoms with Crippen LogP contribution in [0.2, 0.25) is 0 Å². The van der Waals surface area contributed by atoms with E-state index in [9.17, 15) is 9.90 Å². The van der Waals surface area contributed by atoms with Crippen molar-refractivity contribution >= 4 is 49.0 Å². The number of carbonyl (C=O) groups is 1. The van der Waals surface area contributed by atoms with Crippen LogP contribution in [0.4, 0.5) is 11.4 Å². The SMILES string of the molecule is CCOC(=O)c1cnc2c(sc3ccccc32)c1Nc1ccc(O)c(CN2CCCC2)c1. The number of carbonyl (C=O) groups excluding carboxylic acids is 1. The molecule has 1 aliphatic heterocycles. The number of phenolic OH excluding ortho intramolecular Hbond substituents is 1. The zero-order chi connectivity index (χ0) is 22.1. The number of likely N-dealkylation sites (tertiary alicyclic amines) is 1. The minimum absolute atomic E-state index is 0.287. The van der Waals surface area contributed by atoms with Gasteiger partial charge in [-0.2, -0.15) is 0 Å². The van der Waals surface area contributed by atoms with Gasteiger partial charge in [-0.3, -0.25) is 9.88 Å². The van der Waals surface area contributed by atoms with Crippen LogP contribution in [0.5, 0.6) is 5.75 Å². The van der Waals surface area contributed by atoms with Gasteiger partial charge >= 0.3 is 5.97 Å². The zero-order valence-electron chi connectivity index (χ0n) is 17.9. The lowest BCUT2D eigenvalue weighted by atomic mass is 10.1. The van der Waals surface area contributed by atoms with Gasteiger partial charge in [-0.1, -0.05) is 18.2 Å². The Morgan fingerprint density at radius 1 is 1.22 bits per heavy atom. The van der Waals surface area contributed by atoms with Crippen LogP contribution in [0.3, 0.4) is 0 Å². The Kier molecular flexibility index (Phi) is 5.68. The molecule has 2 N–H and O–H groups in total. The number of fused-ring (bicyclic) bond motifs is 3. The van der Waals surface area contributed by atoms with Crippen LogP contribution in [0.25, 0.3) is 20.3 Å². The van der Waals surface area contributed by atoms with Crippen LogP contribution in [-0.2, 0) is 11.3 Å². The second-order valence-corrected chi connectivity index (χ2v) is 9.05. The third-order valence-electron chi connectivity index (χ3n) is 5.83. The van der Waals surface area contributed by atoms with Gasteiger partial charge in [-0.25, -0.2) is 4.79 Å². The average Bonchev–Trinajstić information content (AvgIpc) is 3.44. The number of nitrogens with zero attached hydrogens (tertiary/aromatic N) is 2. The predicted molar refractivity (Wildman–Crippen MR) is 129 cm³/mol. The van der Waals surface area contributed by atoms with Crippen molar-refractivity contribution in [3.8, 4) is 5.75 Å². The van der Waals surface area contributed by atoms with E-state index in [0.717, 1.165) is 44.6 Å². The van der Waals surface area contributed by atoms with Gasteiger partial charge in [0.1, 0.15) is 11.3 Å². The van der Waals surface area contributed by atoms with E-state index in [-0.39, 0.29) is 5.75 Å². The highest BCUT2D eigenvalue weighted by Gasteiger charge is 2.21. The highest BCUT2D eigenvalue weighted by molar-refractivity contribution is 7.26. The van der Waals surface area contributed by atoms with Crippen molar-refractivity contribution in [3.63, 3.8) is 0 Å². The first-order valence-corrected chi connectivity index (χ1v) is 11.7. The summed E-state index contributed by atoms with van der Waals surface area (Å²) in [5.74, 6) is -0.118. The molecule has 0 saturated carbocycles. The molecular formula is C25H25N3O3S. The largest absolute Gasteiger partial charge is 0.508 e. The van der Waals surface area contributed by atoms with Crippen molar-refractivity contribution < 1.29 is 14.6 Å². The van der Waals surface area contributed by atoms with Crippen molar-refractivity contribution in [2.24, 2.45) is 0 Å². The van der Waals surface area contributed by atoms with Crippen LogP contribution in [-0.4, -0.2) is 40.7 Å². The van der Waals surface area contributed by atoms with E-state index in [4.69, 9.17) is 4.74 Å². The van der Waals surface area contributed by atoms with Crippen LogP contribution >= 0.6 is 11.3 Å². The van der Waals surface area contributed by atoms with Crippen molar-refractivity contribution in [1.29, 1.82) is 0 Å². The number of ether oxygens (including phenoxy) is 1. The van der Waals surface area contributed by atoms with Gasteiger partial charge in [0, 0.05) is 34.1 Å². The number of thiophene rings is 1. The standard InChI is InChI=1S/C25H25N3O3S/c1-2-31-25(30)19-14-26-22-18-7-3-4-8-21(18)32-24(22)23(19)27-17-9-10-20(29)16(13-17)15-28-11-5-6-12-28/h3-4,7-10,13-14,29H,2,5-6,11-12,15H2,1H3,(H,26,27). The van der Waals surface area contributed by atoms with Gasteiger partial charge in [0.25, 0.3) is 0 Å². The highest BCUT2D eigenvalue weighted by Crippen LogP contribution is 2.40. The third-order valence-corrected chi connectivity index (χ3v) is 7.00. The molecule has 2 aromatic carbocycles. The first-order chi connectivity index (χ1) is 15.6. The number of hydrogen-bond donors (Lipinski definition) is 2. The first-order valence-electron chi connectivity index (χ1n) is 10.9. The maximum absolute atomic E-state index is 12.7. The molecule has 2 aromatic heterocycles. The Morgan fingerprint density at radius 3 is 2.84 bits per heavy atom. The topological polar surface area (TPSA) is 74.7 Å². The number of hydrogen-bond acceptors (Lipinski definition) is 7. The third kappa shape index (κ3) is 3.89. The molecule has 0 atom stereocenters. The summed E-state index contributed by atoms with van der Waals surface area (Å²) in [6.07, 6.45) is 3.98. The quantitative estimate of drug-likeness (QED) is 0.293. The lowest BCUT2D eigenvalue weighted by Gasteiger charge is -2.17. The van der Waals surface area contributed by atoms with Gasteiger partial charge < -0.3 is 15.2 Å². The summed E-state index contributed by atoms with van der Waals surface area (Å²) in [4.78, 5) is 19.7. The van der Waals surface area contributed by atoms with Crippen molar-refractivity contribution in [2.75, 3.05) is 25.0 Å². The molecule has 7 heteroatoms. The van der Waals surface area contributed by atoms with E-state index < -0.39 is 5.97 Å². The fourth-order valence-electron chi connectivity index (χ4n) is 4.25. The Balaban J connectivity index is 1.59. The van der Waals surface area contributed by atoms with Gasteiger partial charge in [-0.05, 0) is 57.1 Å². The molecule has 0 spiro atoms. The number of aromatic hydroxyl groups is 1. The van der Waals surface area contributed by atoms with Crippen LogP contribution in [0, 0.1) is 0 Å². The summed E-state index contributed by atoms with van der Waals surface area (Å²) in [5.41, 5.74) is 3.63. The fourth-order valence-corrected chi connectivity index (χ4v) is 5.41. The molecule has 1 saturated heterocycles. The number of rotatable bonds is 6. The van der Waals surface area contributed by atoms with Crippen molar-refractivity contribution in [3.05, 3.63) is 59.8 Å². The molecule has 0 unspecified atom stereocenters. The smallest absolute Gasteiger partial charge is 0.341 e. The molecule has 0 bridgehead atoms. The summed E-state index contributed by atoms with van der Waals surface area (Å²) in [6, 6.07) is 13.6. The molecule has 0 radical (unpaired) electrons. The molecule has 3 heterocycles. The number of nitrogens with one attached hydrogen (secondary N) is 1. The van der Waals surface area contributed by atoms with Gasteiger partial charge in [0.05, 0.1) is 22.5 Å². The van der Waals surface area contributed by atoms with E-state index >= 15 is 0 Å². The number of aromatic nitrogens is 1. The van der Waals surface area contributed by atoms with E-state index in [1.54, 1.807) is 30.5 Å². The predicted octanol–water partition coefficient (Wildman–Crippen LogP) is 5.67. The molecule has 0 amide bonds. The molecule has 1 aliphatic rings. The summed E-state index contributed by atoms with van der Waals surface area (Å²) in [7, 11) is 0. The molecule has 4 aromatic rings. The van der Waals surface area contributed by atoms with Crippen LogP contribution in [0.15, 0.2) is 48.7 Å². The Labute approximate surface area is 190 Å². The normalized spacial score (nSPS) is 14.3. The van der Waals surface area contributed by atoms with Gasteiger partial charge in [-0.15, -0.1) is 11.3 Å². The second-order valence-electron chi connectivity index (χ2n) is 8.00. The number of anilines is 2. The minimum Gasteiger partial charge on any atom is -0.508 e. The van der Waals surface area contributed by atoms with Gasteiger partial charge in [0.2, 0.25) is 0 Å². The molecule has 1 fully saturated rings. The molecule has 32 heavy (non-hydrogen) atoms. The van der Waals surface area contributed by atoms with Crippen molar-refractivity contribution in [1.82, 2.24) is 9.88 Å². The molecular weight excluding hydrogens is 422 g/mol. The Hall–Kier alpha value is -3.16. The lowest BCUT2D eigenvalue weighted by molar-refractivity contribution is 0.0527. The molecule has 0 aliphatic carbocycles. The lowest BCUT2D eigenvalue weighted by Crippen LogP contribution is -2.18. The molecule has 6 nitrogen and oxygen atoms in total. The second kappa shape index (κ2) is 8.76. The summed E-state index contributed by atoms with van der Waals surface area (Å²) in [6.45, 7) is 4.90. The zero-order valence-corrected chi connectivity index (χ0v) is 18.7. The maximum Gasteiger partial charge on any atom is 0.341 e. The number of benzene rings is 2. The highest BCUT2D eigenvalue weighted by atomic mass is 32.1. The number of pyridine rings is 1. The summed E-state index contributed by atoms with van der Waals surface area (Å²) in [5, 5.41) is 14.9. The van der Waals surface area contributed by atoms with E-state index in [1.807, 2.05) is 30.3 Å². The van der Waals surface area contributed by atoms with Gasteiger partial charge in [0.15, 0.2) is 0 Å². The Morgan fingerprint density at radius 2 is 2.03 bits per heavy atom. The maximum atomic E-state index is 12.7. The molecule has 164 valence electrons. The van der Waals surface area contributed by atoms with E-state index in [1.165, 1.54) is 12.8 Å². The average molecular weight is 448 g/mol. The minimum atomic E-state index is -0.405. The molecule has 5 rings (SSSR count). The first kappa shape index (κ1) is 20.7. The fraction of sp³-hybridized carbons (Fsp3) is 0.280. The van der Waals surface area contributed by atoms with Crippen LogP contribution < -0.4 is 5.32 Å². The summed E-state index contributed by atoms with van der Waals surface area (Å²) < 4.78 is 7.32. The monoisotopic (exact) mass is 447 g/mol. The number of esters is 1. The van der Waals surface area contributed by atoms with Crippen molar-refractivity contribution in [2.45, 2.75) is 26.3 Å². The number of phenols is 1. The van der Waals surface area contributed by atoms with E-state index in [0.29, 0.717) is 24.4 Å². The summed E-state index contributed by atoms with van der Waals surface area (Å²) >= 11 is 1.60. The van der Waals surface area contributed by atoms with Crippen LogP contribution in [0.1, 0.15) is 35.7 Å².